The standard InChI is InChI=1S/C17H20FNO2/c18-15-8-9-16(14(11-15)7-3-4-10-20)17(21)19-12-13-5-1-2-6-13/h8-9,11,13,20H,1-2,4-6,10,12H2,(H,19,21). The fourth-order valence-corrected chi connectivity index (χ4v) is 2.58. The summed E-state index contributed by atoms with van der Waals surface area (Å²) in [6, 6.07) is 3.98. The minimum atomic E-state index is -0.421. The largest absolute Gasteiger partial charge is 0.395 e. The lowest BCUT2D eigenvalue weighted by Crippen LogP contribution is -2.29. The van der Waals surface area contributed by atoms with Crippen molar-refractivity contribution in [1.29, 1.82) is 0 Å². The second-order valence-electron chi connectivity index (χ2n) is 5.33. The molecule has 112 valence electrons. The Bertz CT molecular complexity index is 554. The molecule has 4 heteroatoms. The van der Waals surface area contributed by atoms with Crippen LogP contribution in [0, 0.1) is 23.6 Å². The van der Waals surface area contributed by atoms with Gasteiger partial charge in [-0.2, -0.15) is 0 Å². The van der Waals surface area contributed by atoms with E-state index in [1.807, 2.05) is 0 Å². The summed E-state index contributed by atoms with van der Waals surface area (Å²) in [7, 11) is 0. The first-order valence-corrected chi connectivity index (χ1v) is 7.38. The van der Waals surface area contributed by atoms with Crippen LogP contribution in [0.15, 0.2) is 18.2 Å². The number of rotatable bonds is 4. The first-order chi connectivity index (χ1) is 10.2. The molecule has 0 unspecified atom stereocenters. The number of amides is 1. The Morgan fingerprint density at radius 2 is 2.14 bits per heavy atom. The molecular weight excluding hydrogens is 269 g/mol. The Balaban J connectivity index is 2.06. The highest BCUT2D eigenvalue weighted by Crippen LogP contribution is 2.23. The Morgan fingerprint density at radius 3 is 2.86 bits per heavy atom. The number of nitrogens with one attached hydrogen (secondary N) is 1. The number of aliphatic hydroxyl groups excluding tert-OH is 1. The first kappa shape index (κ1) is 15.5. The summed E-state index contributed by atoms with van der Waals surface area (Å²) < 4.78 is 13.3. The number of aliphatic hydroxyl groups is 1. The Kier molecular flexibility index (Phi) is 5.77. The van der Waals surface area contributed by atoms with E-state index in [1.165, 1.54) is 31.0 Å². The summed E-state index contributed by atoms with van der Waals surface area (Å²) in [5.41, 5.74) is 0.757. The zero-order valence-corrected chi connectivity index (χ0v) is 12.0. The maximum atomic E-state index is 13.3. The minimum Gasteiger partial charge on any atom is -0.395 e. The summed E-state index contributed by atoms with van der Waals surface area (Å²) in [5, 5.41) is 11.6. The molecule has 1 fully saturated rings. The van der Waals surface area contributed by atoms with Crippen molar-refractivity contribution in [1.82, 2.24) is 5.32 Å². The van der Waals surface area contributed by atoms with Gasteiger partial charge in [0.25, 0.3) is 5.91 Å². The molecule has 1 aliphatic carbocycles. The normalized spacial score (nSPS) is 14.6. The number of benzene rings is 1. The summed E-state index contributed by atoms with van der Waals surface area (Å²) in [6.07, 6.45) is 5.09. The van der Waals surface area contributed by atoms with E-state index >= 15 is 0 Å². The van der Waals surface area contributed by atoms with E-state index in [0.717, 1.165) is 12.8 Å². The highest BCUT2D eigenvalue weighted by molar-refractivity contribution is 5.96. The van der Waals surface area contributed by atoms with Gasteiger partial charge in [0.05, 0.1) is 12.2 Å². The van der Waals surface area contributed by atoms with Crippen molar-refractivity contribution in [2.45, 2.75) is 32.1 Å². The van der Waals surface area contributed by atoms with Crippen LogP contribution < -0.4 is 5.32 Å². The van der Waals surface area contributed by atoms with Gasteiger partial charge in [-0.25, -0.2) is 4.39 Å². The predicted molar refractivity (Wildman–Crippen MR) is 79.3 cm³/mol. The van der Waals surface area contributed by atoms with Gasteiger partial charge in [0.1, 0.15) is 5.82 Å². The summed E-state index contributed by atoms with van der Waals surface area (Å²) in [6.45, 7) is 0.616. The van der Waals surface area contributed by atoms with E-state index in [4.69, 9.17) is 5.11 Å². The molecule has 0 aliphatic heterocycles. The molecule has 0 heterocycles. The third-order valence-electron chi connectivity index (χ3n) is 3.71. The van der Waals surface area contributed by atoms with E-state index in [0.29, 0.717) is 30.0 Å². The molecule has 21 heavy (non-hydrogen) atoms. The van der Waals surface area contributed by atoms with Gasteiger partial charge in [0.15, 0.2) is 0 Å². The molecule has 2 N–H and O–H groups in total. The minimum absolute atomic E-state index is 0.0501. The fourth-order valence-electron chi connectivity index (χ4n) is 2.58. The number of carbonyl (C=O) groups excluding carboxylic acids is 1. The van der Waals surface area contributed by atoms with Gasteiger partial charge in [0, 0.05) is 18.5 Å². The smallest absolute Gasteiger partial charge is 0.252 e. The molecule has 1 aromatic carbocycles. The number of halogens is 1. The van der Waals surface area contributed by atoms with E-state index < -0.39 is 5.82 Å². The van der Waals surface area contributed by atoms with E-state index in [1.54, 1.807) is 0 Å². The van der Waals surface area contributed by atoms with Crippen molar-refractivity contribution in [3.05, 3.63) is 35.1 Å². The lowest BCUT2D eigenvalue weighted by molar-refractivity contribution is 0.0947. The molecular formula is C17H20FNO2. The van der Waals surface area contributed by atoms with Crippen molar-refractivity contribution in [3.63, 3.8) is 0 Å². The van der Waals surface area contributed by atoms with Crippen LogP contribution in [0.2, 0.25) is 0 Å². The Morgan fingerprint density at radius 1 is 1.38 bits per heavy atom. The van der Waals surface area contributed by atoms with Crippen molar-refractivity contribution < 1.29 is 14.3 Å². The van der Waals surface area contributed by atoms with Gasteiger partial charge in [-0.05, 0) is 37.0 Å². The van der Waals surface area contributed by atoms with E-state index in [-0.39, 0.29) is 12.5 Å². The van der Waals surface area contributed by atoms with Crippen LogP contribution in [0.3, 0.4) is 0 Å². The van der Waals surface area contributed by atoms with Crippen LogP contribution in [0.1, 0.15) is 48.0 Å². The van der Waals surface area contributed by atoms with Gasteiger partial charge < -0.3 is 10.4 Å². The van der Waals surface area contributed by atoms with Gasteiger partial charge in [-0.1, -0.05) is 24.7 Å². The van der Waals surface area contributed by atoms with Gasteiger partial charge >= 0.3 is 0 Å². The maximum Gasteiger partial charge on any atom is 0.252 e. The highest BCUT2D eigenvalue weighted by Gasteiger charge is 2.17. The zero-order valence-electron chi connectivity index (χ0n) is 12.0. The second kappa shape index (κ2) is 7.80. The molecule has 0 atom stereocenters. The SMILES string of the molecule is O=C(NCC1CCCC1)c1ccc(F)cc1C#CCCO. The van der Waals surface area contributed by atoms with Crippen LogP contribution in [0.4, 0.5) is 4.39 Å². The lowest BCUT2D eigenvalue weighted by atomic mass is 10.1. The third kappa shape index (κ3) is 4.57. The molecule has 1 aromatic rings. The van der Waals surface area contributed by atoms with Crippen molar-refractivity contribution in [3.8, 4) is 11.8 Å². The molecule has 0 bridgehead atoms. The van der Waals surface area contributed by atoms with Crippen molar-refractivity contribution in [2.75, 3.05) is 13.2 Å². The highest BCUT2D eigenvalue weighted by atomic mass is 19.1. The molecule has 0 radical (unpaired) electrons. The van der Waals surface area contributed by atoms with E-state index in [2.05, 4.69) is 17.2 Å². The molecule has 1 amide bonds. The second-order valence-corrected chi connectivity index (χ2v) is 5.33. The zero-order chi connectivity index (χ0) is 15.1. The Labute approximate surface area is 124 Å². The molecule has 2 rings (SSSR count). The molecule has 1 aliphatic rings. The summed E-state index contributed by atoms with van der Waals surface area (Å²) in [4.78, 5) is 12.2. The lowest BCUT2D eigenvalue weighted by Gasteiger charge is -2.11. The average Bonchev–Trinajstić information content (AvgIpc) is 2.98. The number of carbonyl (C=O) groups is 1. The summed E-state index contributed by atoms with van der Waals surface area (Å²) in [5.74, 6) is 5.40. The monoisotopic (exact) mass is 289 g/mol. The molecule has 0 saturated heterocycles. The fraction of sp³-hybridized carbons (Fsp3) is 0.471. The van der Waals surface area contributed by atoms with Gasteiger partial charge in [-0.3, -0.25) is 4.79 Å². The van der Waals surface area contributed by atoms with Crippen LogP contribution in [0.25, 0.3) is 0 Å². The Hall–Kier alpha value is -1.86. The summed E-state index contributed by atoms with van der Waals surface area (Å²) >= 11 is 0. The molecule has 3 nitrogen and oxygen atoms in total. The average molecular weight is 289 g/mol. The maximum absolute atomic E-state index is 13.3. The molecule has 1 saturated carbocycles. The van der Waals surface area contributed by atoms with E-state index in [9.17, 15) is 9.18 Å². The third-order valence-corrected chi connectivity index (χ3v) is 3.71. The number of hydrogen-bond donors (Lipinski definition) is 2. The van der Waals surface area contributed by atoms with Crippen molar-refractivity contribution >= 4 is 5.91 Å². The number of hydrogen-bond acceptors (Lipinski definition) is 2. The van der Waals surface area contributed by atoms with Crippen LogP contribution in [-0.2, 0) is 0 Å². The first-order valence-electron chi connectivity index (χ1n) is 7.38. The topological polar surface area (TPSA) is 49.3 Å². The van der Waals surface area contributed by atoms with Crippen LogP contribution in [0.5, 0.6) is 0 Å². The van der Waals surface area contributed by atoms with Crippen molar-refractivity contribution in [2.24, 2.45) is 5.92 Å². The van der Waals surface area contributed by atoms with Crippen LogP contribution >= 0.6 is 0 Å². The molecule has 0 spiro atoms. The van der Waals surface area contributed by atoms with Crippen LogP contribution in [-0.4, -0.2) is 24.2 Å². The van der Waals surface area contributed by atoms with Gasteiger partial charge in [-0.15, -0.1) is 0 Å². The van der Waals surface area contributed by atoms with Gasteiger partial charge in [0.2, 0.25) is 0 Å². The predicted octanol–water partition coefficient (Wildman–Crippen LogP) is 2.48. The quantitative estimate of drug-likeness (QED) is 0.837. The molecule has 0 aromatic heterocycles.